The second-order valence-electron chi connectivity index (χ2n) is 7.50. The fourth-order valence-corrected chi connectivity index (χ4v) is 3.02. The molecule has 4 heteroatoms. The number of quaternary nitrogens is 1. The smallest absolute Gasteiger partial charge is 0.339 e. The lowest BCUT2D eigenvalue weighted by Crippen LogP contribution is -3.15. The molecule has 130 valence electrons. The molecule has 1 saturated heterocycles. The number of aliphatic hydroxyl groups is 1. The normalized spacial score (nSPS) is 30.2. The molecule has 4 nitrogen and oxygen atoms in total. The van der Waals surface area contributed by atoms with Gasteiger partial charge < -0.3 is 14.7 Å². The number of benzene rings is 1. The van der Waals surface area contributed by atoms with Crippen LogP contribution in [-0.2, 0) is 4.74 Å². The molecule has 1 aromatic carbocycles. The van der Waals surface area contributed by atoms with Gasteiger partial charge in [-0.1, -0.05) is 37.0 Å². The van der Waals surface area contributed by atoms with Crippen LogP contribution in [0.1, 0.15) is 44.5 Å². The van der Waals surface area contributed by atoms with Crippen molar-refractivity contribution in [1.82, 2.24) is 0 Å². The molecule has 2 N–H and O–H groups in total. The van der Waals surface area contributed by atoms with E-state index in [4.69, 9.17) is 4.74 Å². The highest BCUT2D eigenvalue weighted by Crippen LogP contribution is 2.25. The van der Waals surface area contributed by atoms with Gasteiger partial charge in [0.1, 0.15) is 5.60 Å². The van der Waals surface area contributed by atoms with Crippen LogP contribution in [0.25, 0.3) is 0 Å². The zero-order valence-electron chi connectivity index (χ0n) is 15.2. The monoisotopic (exact) mass is 330 g/mol. The number of carbonyl (C=O) groups is 1. The van der Waals surface area contributed by atoms with Crippen LogP contribution in [0.4, 0.5) is 0 Å². The van der Waals surface area contributed by atoms with E-state index in [0.717, 1.165) is 6.54 Å². The van der Waals surface area contributed by atoms with E-state index in [1.54, 1.807) is 38.1 Å². The summed E-state index contributed by atoms with van der Waals surface area (Å²) in [7, 11) is 2.14. The topological polar surface area (TPSA) is 51.0 Å². The van der Waals surface area contributed by atoms with Crippen LogP contribution >= 0.6 is 0 Å². The van der Waals surface area contributed by atoms with Gasteiger partial charge in [0.2, 0.25) is 0 Å². The molecule has 4 atom stereocenters. The third-order valence-corrected chi connectivity index (χ3v) is 4.84. The number of hydrogen-bond acceptors (Lipinski definition) is 3. The van der Waals surface area contributed by atoms with Gasteiger partial charge in [-0.2, -0.15) is 0 Å². The van der Waals surface area contributed by atoms with Crippen molar-refractivity contribution >= 4 is 5.97 Å². The molecule has 1 aliphatic heterocycles. The molecule has 0 bridgehead atoms. The minimum atomic E-state index is -1.03. The van der Waals surface area contributed by atoms with Gasteiger partial charge >= 0.3 is 5.97 Å². The van der Waals surface area contributed by atoms with Gasteiger partial charge in [-0.05, 0) is 32.9 Å². The van der Waals surface area contributed by atoms with Crippen LogP contribution in [0, 0.1) is 17.8 Å². The van der Waals surface area contributed by atoms with Crippen molar-refractivity contribution < 1.29 is 19.5 Å². The molecule has 0 amide bonds. The Kier molecular flexibility index (Phi) is 5.37. The molecule has 1 aromatic rings. The van der Waals surface area contributed by atoms with Crippen LogP contribution in [0.5, 0.6) is 0 Å². The van der Waals surface area contributed by atoms with E-state index < -0.39 is 17.2 Å². The lowest BCUT2D eigenvalue weighted by molar-refractivity contribution is -0.915. The fraction of sp³-hybridized carbons (Fsp3) is 0.550. The van der Waals surface area contributed by atoms with E-state index in [2.05, 4.69) is 25.8 Å². The number of carbonyl (C=O) groups excluding carboxylic acids is 1. The SMILES string of the molecule is C[C@@H]1C[NH+](C)[C@@H](C)C[C@@]1(O)C#CC(C)(C)OC(=O)c1ccccc1. The zero-order chi connectivity index (χ0) is 18.0. The highest BCUT2D eigenvalue weighted by molar-refractivity contribution is 5.89. The second-order valence-corrected chi connectivity index (χ2v) is 7.50. The molecular weight excluding hydrogens is 302 g/mol. The van der Waals surface area contributed by atoms with Gasteiger partial charge in [0.25, 0.3) is 0 Å². The van der Waals surface area contributed by atoms with Crippen molar-refractivity contribution in [3.63, 3.8) is 0 Å². The number of hydrogen-bond donors (Lipinski definition) is 2. The Morgan fingerprint density at radius 3 is 2.58 bits per heavy atom. The highest BCUT2D eigenvalue weighted by atomic mass is 16.6. The molecule has 24 heavy (non-hydrogen) atoms. The Bertz CT molecular complexity index is 644. The van der Waals surface area contributed by atoms with Crippen LogP contribution in [0.15, 0.2) is 30.3 Å². The Morgan fingerprint density at radius 2 is 1.96 bits per heavy atom. The molecule has 1 heterocycles. The van der Waals surface area contributed by atoms with Crippen LogP contribution in [0.2, 0.25) is 0 Å². The van der Waals surface area contributed by atoms with Crippen molar-refractivity contribution in [3.8, 4) is 11.8 Å². The molecule has 1 unspecified atom stereocenters. The Balaban J connectivity index is 2.11. The number of piperidine rings is 1. The summed E-state index contributed by atoms with van der Waals surface area (Å²) < 4.78 is 5.51. The molecular formula is C20H28NO3+. The van der Waals surface area contributed by atoms with Gasteiger partial charge in [-0.25, -0.2) is 4.79 Å². The molecule has 1 fully saturated rings. The van der Waals surface area contributed by atoms with Gasteiger partial charge in [-0.3, -0.25) is 0 Å². The summed E-state index contributed by atoms with van der Waals surface area (Å²) in [5.74, 6) is 5.66. The van der Waals surface area contributed by atoms with Crippen molar-refractivity contribution in [2.24, 2.45) is 5.92 Å². The van der Waals surface area contributed by atoms with E-state index in [0.29, 0.717) is 18.0 Å². The quantitative estimate of drug-likeness (QED) is 0.635. The number of rotatable bonds is 2. The van der Waals surface area contributed by atoms with E-state index in [1.165, 1.54) is 4.90 Å². The first-order valence-electron chi connectivity index (χ1n) is 8.50. The standard InChI is InChI=1S/C20H27NO3/c1-15-14-21(5)16(2)13-20(15,23)12-11-19(3,4)24-18(22)17-9-7-6-8-10-17/h6-10,15-16,23H,13-14H2,1-5H3/p+1/t15-,16+,20+/m1/s1. The lowest BCUT2D eigenvalue weighted by Gasteiger charge is -2.40. The van der Waals surface area contributed by atoms with Crippen molar-refractivity contribution in [2.45, 2.75) is 51.4 Å². The predicted octanol–water partition coefficient (Wildman–Crippen LogP) is 1.30. The number of nitrogens with one attached hydrogen (secondary N) is 1. The summed E-state index contributed by atoms with van der Waals surface area (Å²) in [4.78, 5) is 13.6. The first-order chi connectivity index (χ1) is 11.1. The van der Waals surface area contributed by atoms with Gasteiger partial charge in [0.15, 0.2) is 5.60 Å². The van der Waals surface area contributed by atoms with Crippen LogP contribution < -0.4 is 4.90 Å². The van der Waals surface area contributed by atoms with E-state index in [9.17, 15) is 9.90 Å². The summed E-state index contributed by atoms with van der Waals surface area (Å²) in [5, 5.41) is 10.9. The summed E-state index contributed by atoms with van der Waals surface area (Å²) in [5.41, 5.74) is -1.49. The molecule has 0 spiro atoms. The van der Waals surface area contributed by atoms with E-state index >= 15 is 0 Å². The van der Waals surface area contributed by atoms with Crippen LogP contribution in [0.3, 0.4) is 0 Å². The Morgan fingerprint density at radius 1 is 1.33 bits per heavy atom. The highest BCUT2D eigenvalue weighted by Gasteiger charge is 2.42. The minimum Gasteiger partial charge on any atom is -0.443 e. The van der Waals surface area contributed by atoms with Crippen molar-refractivity contribution in [3.05, 3.63) is 35.9 Å². The number of likely N-dealkylation sites (tertiary alicyclic amines) is 1. The maximum atomic E-state index is 12.2. The largest absolute Gasteiger partial charge is 0.443 e. The van der Waals surface area contributed by atoms with Crippen LogP contribution in [-0.4, -0.2) is 41.9 Å². The average Bonchev–Trinajstić information content (AvgIpc) is 2.52. The zero-order valence-corrected chi connectivity index (χ0v) is 15.2. The molecule has 2 rings (SSSR count). The average molecular weight is 330 g/mol. The third kappa shape index (κ3) is 4.37. The first-order valence-corrected chi connectivity index (χ1v) is 8.50. The Hall–Kier alpha value is -1.83. The lowest BCUT2D eigenvalue weighted by atomic mass is 9.79. The minimum absolute atomic E-state index is 0.0711. The van der Waals surface area contributed by atoms with Gasteiger partial charge in [-0.15, -0.1) is 0 Å². The molecule has 1 aliphatic rings. The third-order valence-electron chi connectivity index (χ3n) is 4.84. The molecule has 0 saturated carbocycles. The fourth-order valence-electron chi connectivity index (χ4n) is 3.02. The Labute approximate surface area is 144 Å². The second kappa shape index (κ2) is 6.96. The number of ether oxygens (including phenoxy) is 1. The molecule has 0 aromatic heterocycles. The van der Waals surface area contributed by atoms with Crippen molar-refractivity contribution in [2.75, 3.05) is 13.6 Å². The first kappa shape index (κ1) is 18.5. The van der Waals surface area contributed by atoms with Gasteiger partial charge in [0.05, 0.1) is 25.2 Å². The molecule has 0 aliphatic carbocycles. The van der Waals surface area contributed by atoms with E-state index in [1.807, 2.05) is 13.0 Å². The number of esters is 1. The van der Waals surface area contributed by atoms with Gasteiger partial charge in [0, 0.05) is 12.3 Å². The summed E-state index contributed by atoms with van der Waals surface area (Å²) in [6, 6.07) is 9.20. The van der Waals surface area contributed by atoms with E-state index in [-0.39, 0.29) is 5.92 Å². The predicted molar refractivity (Wildman–Crippen MR) is 93.7 cm³/mol. The molecule has 0 radical (unpaired) electrons. The summed E-state index contributed by atoms with van der Waals surface area (Å²) >= 11 is 0. The summed E-state index contributed by atoms with van der Waals surface area (Å²) in [6.45, 7) is 8.51. The van der Waals surface area contributed by atoms with Crippen molar-refractivity contribution in [1.29, 1.82) is 0 Å². The summed E-state index contributed by atoms with van der Waals surface area (Å²) in [6.07, 6.45) is 0.621. The maximum absolute atomic E-state index is 12.2. The maximum Gasteiger partial charge on any atom is 0.339 e.